The lowest BCUT2D eigenvalue weighted by Crippen LogP contribution is -1.95. The zero-order chi connectivity index (χ0) is 13.8. The second-order valence-corrected chi connectivity index (χ2v) is 4.21. The van der Waals surface area contributed by atoms with Gasteiger partial charge in [0.2, 0.25) is 5.88 Å². The average molecular weight is 320 g/mol. The summed E-state index contributed by atoms with van der Waals surface area (Å²) in [4.78, 5) is 14.2. The van der Waals surface area contributed by atoms with Gasteiger partial charge in [-0.1, -0.05) is 6.07 Å². The summed E-state index contributed by atoms with van der Waals surface area (Å²) in [6, 6.07) is 9.48. The summed E-state index contributed by atoms with van der Waals surface area (Å²) in [7, 11) is 0. The van der Waals surface area contributed by atoms with Crippen LogP contribution in [0.1, 0.15) is 5.56 Å². The lowest BCUT2D eigenvalue weighted by atomic mass is 10.3. The normalized spacial score (nSPS) is 9.68. The third-order valence-corrected chi connectivity index (χ3v) is 3.03. The fourth-order valence-electron chi connectivity index (χ4n) is 1.38. The number of nitro benzene ring substituents is 1. The number of benzene rings is 1. The van der Waals surface area contributed by atoms with Crippen molar-refractivity contribution in [3.63, 3.8) is 0 Å². The summed E-state index contributed by atoms with van der Waals surface area (Å²) in [5.74, 6) is 0.329. The van der Waals surface area contributed by atoms with Crippen LogP contribution in [0.3, 0.4) is 0 Å². The Balaban J connectivity index is 2.42. The van der Waals surface area contributed by atoms with Crippen molar-refractivity contribution in [1.82, 2.24) is 4.98 Å². The fraction of sp³-hybridized carbons (Fsp3) is 0. The van der Waals surface area contributed by atoms with Crippen LogP contribution < -0.4 is 4.74 Å². The zero-order valence-electron chi connectivity index (χ0n) is 9.41. The first-order valence-corrected chi connectivity index (χ1v) is 5.88. The highest BCUT2D eigenvalue weighted by Crippen LogP contribution is 2.36. The molecule has 1 heterocycles. The minimum Gasteiger partial charge on any atom is -0.436 e. The molecular formula is C12H6BrN3O3. The van der Waals surface area contributed by atoms with Crippen molar-refractivity contribution in [2.75, 3.05) is 0 Å². The molecule has 0 atom stereocenters. The van der Waals surface area contributed by atoms with Crippen molar-refractivity contribution in [1.29, 1.82) is 5.26 Å². The molecule has 6 nitrogen and oxygen atoms in total. The van der Waals surface area contributed by atoms with Gasteiger partial charge in [0, 0.05) is 12.3 Å². The second kappa shape index (κ2) is 5.46. The predicted molar refractivity (Wildman–Crippen MR) is 69.8 cm³/mol. The fourth-order valence-corrected chi connectivity index (χ4v) is 1.87. The number of pyridine rings is 1. The molecule has 0 aliphatic heterocycles. The summed E-state index contributed by atoms with van der Waals surface area (Å²) in [6.07, 6.45) is 1.47. The largest absolute Gasteiger partial charge is 0.436 e. The van der Waals surface area contributed by atoms with Gasteiger partial charge in [0.05, 0.1) is 4.92 Å². The van der Waals surface area contributed by atoms with E-state index in [4.69, 9.17) is 10.00 Å². The molecule has 0 unspecified atom stereocenters. The van der Waals surface area contributed by atoms with E-state index in [-0.39, 0.29) is 27.4 Å². The van der Waals surface area contributed by atoms with Crippen LogP contribution in [-0.4, -0.2) is 9.91 Å². The molecule has 0 amide bonds. The van der Waals surface area contributed by atoms with Gasteiger partial charge >= 0.3 is 0 Å². The van der Waals surface area contributed by atoms with Crippen molar-refractivity contribution < 1.29 is 9.66 Å². The monoisotopic (exact) mass is 319 g/mol. The van der Waals surface area contributed by atoms with E-state index in [0.29, 0.717) is 0 Å². The summed E-state index contributed by atoms with van der Waals surface area (Å²) in [5, 5.41) is 19.7. The number of nitriles is 1. The van der Waals surface area contributed by atoms with Crippen LogP contribution in [0, 0.1) is 21.4 Å². The topological polar surface area (TPSA) is 89.0 Å². The minimum absolute atomic E-state index is 0.103. The second-order valence-electron chi connectivity index (χ2n) is 3.42. The van der Waals surface area contributed by atoms with E-state index in [0.717, 1.165) is 0 Å². The molecule has 1 aromatic heterocycles. The number of ether oxygens (including phenoxy) is 1. The summed E-state index contributed by atoms with van der Waals surface area (Å²) in [5.41, 5.74) is 0.132. The van der Waals surface area contributed by atoms with E-state index in [1.54, 1.807) is 18.2 Å². The van der Waals surface area contributed by atoms with Crippen LogP contribution >= 0.6 is 15.9 Å². The molecule has 0 fully saturated rings. The van der Waals surface area contributed by atoms with Crippen LogP contribution in [0.5, 0.6) is 11.6 Å². The number of hydrogen-bond donors (Lipinski definition) is 0. The van der Waals surface area contributed by atoms with Gasteiger partial charge in [-0.3, -0.25) is 10.1 Å². The molecule has 0 bridgehead atoms. The SMILES string of the molecule is N#Cc1cccnc1Oc1cccc([N+](=O)[O-])c1Br. The number of nitro groups is 1. The van der Waals surface area contributed by atoms with Gasteiger partial charge in [-0.25, -0.2) is 4.98 Å². The lowest BCUT2D eigenvalue weighted by Gasteiger charge is -2.07. The maximum Gasteiger partial charge on any atom is 0.287 e. The van der Waals surface area contributed by atoms with Crippen LogP contribution in [0.4, 0.5) is 5.69 Å². The molecule has 0 saturated carbocycles. The van der Waals surface area contributed by atoms with Gasteiger partial charge in [-0.05, 0) is 34.1 Å². The summed E-state index contributed by atoms with van der Waals surface area (Å²) in [6.45, 7) is 0. The highest BCUT2D eigenvalue weighted by atomic mass is 79.9. The lowest BCUT2D eigenvalue weighted by molar-refractivity contribution is -0.385. The first kappa shape index (κ1) is 13.0. The molecule has 0 N–H and O–H groups in total. The van der Waals surface area contributed by atoms with E-state index < -0.39 is 4.92 Å². The third kappa shape index (κ3) is 2.69. The maximum absolute atomic E-state index is 10.8. The smallest absolute Gasteiger partial charge is 0.287 e. The number of rotatable bonds is 3. The molecule has 2 rings (SSSR count). The van der Waals surface area contributed by atoms with E-state index in [1.165, 1.54) is 18.3 Å². The Labute approximate surface area is 116 Å². The van der Waals surface area contributed by atoms with E-state index in [9.17, 15) is 10.1 Å². The first-order valence-electron chi connectivity index (χ1n) is 5.09. The molecule has 0 spiro atoms. The van der Waals surface area contributed by atoms with Gasteiger partial charge in [-0.15, -0.1) is 0 Å². The Morgan fingerprint density at radius 3 is 2.84 bits per heavy atom. The van der Waals surface area contributed by atoms with Gasteiger partial charge in [0.15, 0.2) is 5.75 Å². The summed E-state index contributed by atoms with van der Waals surface area (Å²) >= 11 is 3.11. The molecule has 7 heteroatoms. The Morgan fingerprint density at radius 2 is 2.16 bits per heavy atom. The molecule has 0 aliphatic rings. The molecule has 94 valence electrons. The Hall–Kier alpha value is -2.46. The summed E-state index contributed by atoms with van der Waals surface area (Å²) < 4.78 is 5.64. The van der Waals surface area contributed by atoms with Crippen molar-refractivity contribution in [3.8, 4) is 17.7 Å². The highest BCUT2D eigenvalue weighted by Gasteiger charge is 2.17. The number of halogens is 1. The van der Waals surface area contributed by atoms with Crippen molar-refractivity contribution in [2.45, 2.75) is 0 Å². The average Bonchev–Trinajstić information content (AvgIpc) is 2.41. The minimum atomic E-state index is -0.527. The van der Waals surface area contributed by atoms with Crippen LogP contribution in [-0.2, 0) is 0 Å². The molecule has 0 saturated heterocycles. The van der Waals surface area contributed by atoms with Crippen molar-refractivity contribution in [2.24, 2.45) is 0 Å². The third-order valence-electron chi connectivity index (χ3n) is 2.24. The van der Waals surface area contributed by atoms with E-state index >= 15 is 0 Å². The van der Waals surface area contributed by atoms with Gasteiger partial charge < -0.3 is 4.74 Å². The standard InChI is InChI=1S/C12H6BrN3O3/c13-11-9(16(17)18)4-1-5-10(11)19-12-8(7-14)3-2-6-15-12/h1-6H. The zero-order valence-corrected chi connectivity index (χ0v) is 11.0. The van der Waals surface area contributed by atoms with Crippen LogP contribution in [0.2, 0.25) is 0 Å². The molecule has 2 aromatic rings. The van der Waals surface area contributed by atoms with Crippen molar-refractivity contribution >= 4 is 21.6 Å². The van der Waals surface area contributed by atoms with Gasteiger partial charge in [-0.2, -0.15) is 5.26 Å². The number of aromatic nitrogens is 1. The number of nitrogens with zero attached hydrogens (tertiary/aromatic N) is 3. The van der Waals surface area contributed by atoms with Gasteiger partial charge in [0.1, 0.15) is 16.1 Å². The first-order chi connectivity index (χ1) is 9.13. The quantitative estimate of drug-likeness (QED) is 0.638. The molecular weight excluding hydrogens is 314 g/mol. The molecule has 0 radical (unpaired) electrons. The predicted octanol–water partition coefficient (Wildman–Crippen LogP) is 3.42. The molecule has 0 aliphatic carbocycles. The maximum atomic E-state index is 10.8. The van der Waals surface area contributed by atoms with Crippen LogP contribution in [0.15, 0.2) is 41.0 Å². The van der Waals surface area contributed by atoms with Crippen molar-refractivity contribution in [3.05, 3.63) is 56.7 Å². The van der Waals surface area contributed by atoms with Gasteiger partial charge in [0.25, 0.3) is 5.69 Å². The molecule has 1 aromatic carbocycles. The molecule has 19 heavy (non-hydrogen) atoms. The van der Waals surface area contributed by atoms with E-state index in [2.05, 4.69) is 20.9 Å². The Bertz CT molecular complexity index is 682. The Morgan fingerprint density at radius 1 is 1.37 bits per heavy atom. The van der Waals surface area contributed by atoms with Crippen LogP contribution in [0.25, 0.3) is 0 Å². The highest BCUT2D eigenvalue weighted by molar-refractivity contribution is 9.10. The Kier molecular flexibility index (Phi) is 3.73. The van der Waals surface area contributed by atoms with E-state index in [1.807, 2.05) is 6.07 Å². The number of hydrogen-bond acceptors (Lipinski definition) is 5.